The first kappa shape index (κ1) is 14.5. The second-order valence-corrected chi connectivity index (χ2v) is 7.99. The number of benzene rings is 1. The number of nitrogens with one attached hydrogen (secondary N) is 1. The first-order valence-corrected chi connectivity index (χ1v) is 8.78. The van der Waals surface area contributed by atoms with Crippen molar-refractivity contribution >= 4 is 42.4 Å². The van der Waals surface area contributed by atoms with Gasteiger partial charge in [0.2, 0.25) is 5.88 Å². The number of aromatic nitrogens is 1. The van der Waals surface area contributed by atoms with E-state index in [1.165, 1.54) is 12.1 Å². The van der Waals surface area contributed by atoms with Crippen LogP contribution in [-0.2, 0) is 9.84 Å². The molecule has 0 saturated carbocycles. The predicted molar refractivity (Wildman–Crippen MR) is 79.2 cm³/mol. The summed E-state index contributed by atoms with van der Waals surface area (Å²) in [4.78, 5) is 2.68. The van der Waals surface area contributed by atoms with Crippen LogP contribution >= 0.6 is 15.9 Å². The van der Waals surface area contributed by atoms with Crippen LogP contribution in [0.5, 0.6) is 5.88 Å². The molecule has 0 spiro atoms. The zero-order chi connectivity index (χ0) is 15.2. The summed E-state index contributed by atoms with van der Waals surface area (Å²) in [5.74, 6) is -0.664. The lowest BCUT2D eigenvalue weighted by atomic mass is 10.2. The van der Waals surface area contributed by atoms with Crippen molar-refractivity contribution in [3.05, 3.63) is 22.4 Å². The lowest BCUT2D eigenvalue weighted by Crippen LogP contribution is -2.06. The molecule has 1 aliphatic rings. The number of hydrogen-bond acceptors (Lipinski definition) is 5. The molecule has 1 atom stereocenters. The van der Waals surface area contributed by atoms with E-state index in [-0.39, 0.29) is 23.1 Å². The number of aromatic amines is 1. The molecule has 0 aliphatic carbocycles. The molecule has 112 valence electrons. The van der Waals surface area contributed by atoms with Gasteiger partial charge in [0.1, 0.15) is 5.82 Å². The van der Waals surface area contributed by atoms with E-state index in [0.717, 1.165) is 0 Å². The lowest BCUT2D eigenvalue weighted by molar-refractivity contribution is 0.459. The fraction of sp³-hybridized carbons (Fsp3) is 0.333. The van der Waals surface area contributed by atoms with Crippen molar-refractivity contribution in [1.82, 2.24) is 4.98 Å². The highest BCUT2D eigenvalue weighted by atomic mass is 79.9. The van der Waals surface area contributed by atoms with Gasteiger partial charge in [-0.15, -0.1) is 5.11 Å². The molecule has 2 aromatic rings. The number of sulfone groups is 1. The van der Waals surface area contributed by atoms with Gasteiger partial charge >= 0.3 is 0 Å². The summed E-state index contributed by atoms with van der Waals surface area (Å²) >= 11 is 3.19. The topological polar surface area (TPSA) is 94.9 Å². The second kappa shape index (κ2) is 5.06. The first-order chi connectivity index (χ1) is 9.85. The molecule has 6 nitrogen and oxygen atoms in total. The molecule has 1 fully saturated rings. The smallest absolute Gasteiger partial charge is 0.218 e. The Labute approximate surface area is 128 Å². The van der Waals surface area contributed by atoms with Crippen molar-refractivity contribution in [2.24, 2.45) is 10.2 Å². The molecule has 1 aromatic heterocycles. The van der Waals surface area contributed by atoms with E-state index in [2.05, 4.69) is 31.1 Å². The molecule has 9 heteroatoms. The molecule has 0 unspecified atom stereocenters. The number of rotatable bonds is 2. The van der Waals surface area contributed by atoms with Gasteiger partial charge in [-0.2, -0.15) is 5.11 Å². The molecule has 2 heterocycles. The number of azo groups is 1. The number of halogens is 2. The van der Waals surface area contributed by atoms with Crippen molar-refractivity contribution in [2.75, 3.05) is 11.5 Å². The zero-order valence-electron chi connectivity index (χ0n) is 10.7. The summed E-state index contributed by atoms with van der Waals surface area (Å²) in [6.45, 7) is 0. The first-order valence-electron chi connectivity index (χ1n) is 6.17. The van der Waals surface area contributed by atoms with E-state index in [9.17, 15) is 17.9 Å². The molecule has 21 heavy (non-hydrogen) atoms. The minimum Gasteiger partial charge on any atom is -0.493 e. The highest BCUT2D eigenvalue weighted by Crippen LogP contribution is 2.39. The quantitative estimate of drug-likeness (QED) is 0.789. The van der Waals surface area contributed by atoms with E-state index >= 15 is 0 Å². The van der Waals surface area contributed by atoms with Crippen molar-refractivity contribution < 1.29 is 17.9 Å². The molecule has 1 aliphatic heterocycles. The number of H-pyrrole nitrogens is 1. The van der Waals surface area contributed by atoms with Gasteiger partial charge in [0.05, 0.1) is 23.1 Å². The maximum absolute atomic E-state index is 13.5. The largest absolute Gasteiger partial charge is 0.493 e. The van der Waals surface area contributed by atoms with E-state index in [1.54, 1.807) is 0 Å². The third-order valence-electron chi connectivity index (χ3n) is 3.31. The Bertz CT molecular complexity index is 847. The minimum atomic E-state index is -3.04. The molecule has 0 amide bonds. The standard InChI is InChI=1S/C12H11BrFN3O3S/c13-9-4-6(14)3-8-10(9)15-12(18)11(8)17-16-7-1-2-21(19,20)5-7/h3-4,7,15,18H,1-2,5H2/t7-/m0/s1. The fourth-order valence-corrected chi connectivity index (χ4v) is 4.45. The van der Waals surface area contributed by atoms with Crippen LogP contribution in [0, 0.1) is 5.82 Å². The maximum atomic E-state index is 13.5. The van der Waals surface area contributed by atoms with Gasteiger partial charge in [0.25, 0.3) is 0 Å². The van der Waals surface area contributed by atoms with E-state index in [0.29, 0.717) is 21.8 Å². The van der Waals surface area contributed by atoms with Crippen molar-refractivity contribution in [3.8, 4) is 5.88 Å². The molecule has 1 saturated heterocycles. The predicted octanol–water partition coefficient (Wildman–Crippen LogP) is 3.05. The van der Waals surface area contributed by atoms with Crippen LogP contribution < -0.4 is 0 Å². The molecule has 0 bridgehead atoms. The molecule has 3 rings (SSSR count). The zero-order valence-corrected chi connectivity index (χ0v) is 13.1. The average molecular weight is 376 g/mol. The maximum Gasteiger partial charge on any atom is 0.218 e. The van der Waals surface area contributed by atoms with Crippen LogP contribution in [0.4, 0.5) is 10.1 Å². The van der Waals surface area contributed by atoms with Crippen LogP contribution in [0.25, 0.3) is 10.9 Å². The lowest BCUT2D eigenvalue weighted by Gasteiger charge is -1.98. The highest BCUT2D eigenvalue weighted by Gasteiger charge is 2.28. The van der Waals surface area contributed by atoms with E-state index < -0.39 is 21.7 Å². The summed E-state index contributed by atoms with van der Waals surface area (Å²) in [7, 11) is -3.04. The SMILES string of the molecule is O=S1(=O)CC[C@H](N=Nc2c(O)[nH]c3c(Br)cc(F)cc23)C1. The van der Waals surface area contributed by atoms with Gasteiger partial charge in [-0.3, -0.25) is 0 Å². The fourth-order valence-electron chi connectivity index (χ4n) is 2.30. The van der Waals surface area contributed by atoms with Gasteiger partial charge < -0.3 is 10.1 Å². The molecular formula is C12H11BrFN3O3S. The molecule has 1 aromatic carbocycles. The Morgan fingerprint density at radius 3 is 2.86 bits per heavy atom. The van der Waals surface area contributed by atoms with Crippen molar-refractivity contribution in [2.45, 2.75) is 12.5 Å². The van der Waals surface area contributed by atoms with Crippen LogP contribution in [0.3, 0.4) is 0 Å². The third kappa shape index (κ3) is 2.80. The van der Waals surface area contributed by atoms with Gasteiger partial charge in [-0.05, 0) is 34.5 Å². The Morgan fingerprint density at radius 2 is 2.19 bits per heavy atom. The molecule has 2 N–H and O–H groups in total. The minimum absolute atomic E-state index is 0.0440. The summed E-state index contributed by atoms with van der Waals surface area (Å²) in [6.07, 6.45) is 0.410. The number of hydrogen-bond donors (Lipinski definition) is 2. The van der Waals surface area contributed by atoms with Gasteiger partial charge in [0, 0.05) is 9.86 Å². The van der Waals surface area contributed by atoms with Gasteiger partial charge in [-0.1, -0.05) is 0 Å². The summed E-state index contributed by atoms with van der Waals surface area (Å²) in [5.41, 5.74) is 0.608. The molecule has 0 radical (unpaired) electrons. The normalized spacial score (nSPS) is 21.5. The number of fused-ring (bicyclic) bond motifs is 1. The van der Waals surface area contributed by atoms with Gasteiger partial charge in [0.15, 0.2) is 15.5 Å². The highest BCUT2D eigenvalue weighted by molar-refractivity contribution is 9.10. The van der Waals surface area contributed by atoms with E-state index in [4.69, 9.17) is 0 Å². The van der Waals surface area contributed by atoms with Gasteiger partial charge in [-0.25, -0.2) is 12.8 Å². The van der Waals surface area contributed by atoms with Crippen molar-refractivity contribution in [1.29, 1.82) is 0 Å². The Morgan fingerprint density at radius 1 is 1.43 bits per heavy atom. The van der Waals surface area contributed by atoms with Crippen LogP contribution in [0.15, 0.2) is 26.8 Å². The third-order valence-corrected chi connectivity index (χ3v) is 5.68. The Hall–Kier alpha value is -1.48. The number of aromatic hydroxyl groups is 1. The Balaban J connectivity index is 1.99. The van der Waals surface area contributed by atoms with Crippen LogP contribution in [0.1, 0.15) is 6.42 Å². The van der Waals surface area contributed by atoms with Crippen LogP contribution in [-0.4, -0.2) is 36.1 Å². The Kier molecular flexibility index (Phi) is 3.48. The number of nitrogens with zero attached hydrogens (tertiary/aromatic N) is 2. The molecular weight excluding hydrogens is 365 g/mol. The summed E-state index contributed by atoms with van der Waals surface area (Å²) in [6, 6.07) is 2.08. The summed E-state index contributed by atoms with van der Waals surface area (Å²) < 4.78 is 36.6. The van der Waals surface area contributed by atoms with Crippen molar-refractivity contribution in [3.63, 3.8) is 0 Å². The van der Waals surface area contributed by atoms with E-state index in [1.807, 2.05) is 0 Å². The summed E-state index contributed by atoms with van der Waals surface area (Å²) in [5, 5.41) is 18.1. The monoisotopic (exact) mass is 375 g/mol. The van der Waals surface area contributed by atoms with Crippen LogP contribution in [0.2, 0.25) is 0 Å². The second-order valence-electron chi connectivity index (χ2n) is 4.90. The average Bonchev–Trinajstić information content (AvgIpc) is 2.87.